The van der Waals surface area contributed by atoms with Gasteiger partial charge in [-0.3, -0.25) is 0 Å². The van der Waals surface area contributed by atoms with Crippen molar-refractivity contribution in [1.82, 2.24) is 0 Å². The van der Waals surface area contributed by atoms with E-state index in [1.165, 1.54) is 12.1 Å². The molecule has 0 heterocycles. The SMILES string of the molecule is CSc1ccc(COC(=O)c2ccc(Cl)c(S(N)(=O)=O)c2)cc1. The first-order valence-corrected chi connectivity index (χ1v) is 9.58. The maximum Gasteiger partial charge on any atom is 0.338 e. The Bertz CT molecular complexity index is 820. The van der Waals surface area contributed by atoms with Crippen LogP contribution in [-0.2, 0) is 21.4 Å². The molecule has 23 heavy (non-hydrogen) atoms. The number of sulfonamides is 1. The maximum absolute atomic E-state index is 12.0. The summed E-state index contributed by atoms with van der Waals surface area (Å²) in [4.78, 5) is 12.8. The van der Waals surface area contributed by atoms with Gasteiger partial charge in [-0.2, -0.15) is 0 Å². The Balaban J connectivity index is 2.11. The zero-order chi connectivity index (χ0) is 17.0. The molecule has 0 saturated carbocycles. The van der Waals surface area contributed by atoms with Crippen LogP contribution in [0.2, 0.25) is 5.02 Å². The average Bonchev–Trinajstić information content (AvgIpc) is 2.52. The normalized spacial score (nSPS) is 11.3. The number of halogens is 1. The van der Waals surface area contributed by atoms with Gasteiger partial charge >= 0.3 is 5.97 Å². The highest BCUT2D eigenvalue weighted by Gasteiger charge is 2.17. The van der Waals surface area contributed by atoms with Crippen molar-refractivity contribution in [1.29, 1.82) is 0 Å². The van der Waals surface area contributed by atoms with E-state index < -0.39 is 16.0 Å². The van der Waals surface area contributed by atoms with E-state index in [0.717, 1.165) is 16.5 Å². The second-order valence-corrected chi connectivity index (χ2v) is 7.43. The first kappa shape index (κ1) is 17.8. The van der Waals surface area contributed by atoms with E-state index in [4.69, 9.17) is 21.5 Å². The second kappa shape index (κ2) is 7.35. The van der Waals surface area contributed by atoms with Gasteiger partial charge in [-0.1, -0.05) is 23.7 Å². The molecule has 0 saturated heterocycles. The largest absolute Gasteiger partial charge is 0.457 e. The van der Waals surface area contributed by atoms with Crippen LogP contribution in [0.15, 0.2) is 52.3 Å². The molecule has 0 atom stereocenters. The van der Waals surface area contributed by atoms with Crippen molar-refractivity contribution >= 4 is 39.4 Å². The minimum absolute atomic E-state index is 0.0447. The zero-order valence-electron chi connectivity index (χ0n) is 12.2. The molecular weight excluding hydrogens is 358 g/mol. The molecule has 0 aliphatic rings. The van der Waals surface area contributed by atoms with Crippen LogP contribution >= 0.6 is 23.4 Å². The number of rotatable bonds is 5. The number of carbonyl (C=O) groups excluding carboxylic acids is 1. The summed E-state index contributed by atoms with van der Waals surface area (Å²) in [6.07, 6.45) is 1.97. The second-order valence-electron chi connectivity index (χ2n) is 4.61. The fraction of sp³-hybridized carbons (Fsp3) is 0.133. The van der Waals surface area contributed by atoms with E-state index in [-0.39, 0.29) is 22.1 Å². The van der Waals surface area contributed by atoms with E-state index in [9.17, 15) is 13.2 Å². The van der Waals surface area contributed by atoms with Gasteiger partial charge in [0.25, 0.3) is 0 Å². The lowest BCUT2D eigenvalue weighted by Crippen LogP contribution is -2.14. The number of hydrogen-bond donors (Lipinski definition) is 1. The predicted octanol–water partition coefficient (Wildman–Crippen LogP) is 3.07. The molecule has 0 radical (unpaired) electrons. The number of nitrogens with two attached hydrogens (primary N) is 1. The number of primary sulfonamides is 1. The molecule has 0 aromatic heterocycles. The van der Waals surface area contributed by atoms with Crippen molar-refractivity contribution in [2.75, 3.05) is 6.26 Å². The van der Waals surface area contributed by atoms with Gasteiger partial charge in [-0.15, -0.1) is 11.8 Å². The van der Waals surface area contributed by atoms with Gasteiger partial charge in [0.15, 0.2) is 0 Å². The van der Waals surface area contributed by atoms with E-state index >= 15 is 0 Å². The molecule has 122 valence electrons. The first-order chi connectivity index (χ1) is 10.8. The Morgan fingerprint density at radius 1 is 1.22 bits per heavy atom. The summed E-state index contributed by atoms with van der Waals surface area (Å²) >= 11 is 7.39. The molecule has 0 unspecified atom stereocenters. The van der Waals surface area contributed by atoms with Crippen LogP contribution in [0.1, 0.15) is 15.9 Å². The lowest BCUT2D eigenvalue weighted by Gasteiger charge is -2.07. The highest BCUT2D eigenvalue weighted by molar-refractivity contribution is 7.98. The molecule has 2 N–H and O–H groups in total. The number of esters is 1. The highest BCUT2D eigenvalue weighted by Crippen LogP contribution is 2.22. The third-order valence-corrected chi connectivity index (χ3v) is 5.14. The minimum atomic E-state index is -4.01. The smallest absolute Gasteiger partial charge is 0.338 e. The third-order valence-electron chi connectivity index (χ3n) is 3.00. The Morgan fingerprint density at radius 2 is 1.87 bits per heavy atom. The van der Waals surface area contributed by atoms with E-state index in [2.05, 4.69) is 0 Å². The summed E-state index contributed by atoms with van der Waals surface area (Å²) in [5.74, 6) is -0.652. The summed E-state index contributed by atoms with van der Waals surface area (Å²) < 4.78 is 28.0. The summed E-state index contributed by atoms with van der Waals surface area (Å²) in [6.45, 7) is 0.0842. The number of hydrogen-bond acceptors (Lipinski definition) is 5. The molecule has 0 bridgehead atoms. The molecule has 0 spiro atoms. The van der Waals surface area contributed by atoms with Gasteiger partial charge in [-0.05, 0) is 42.2 Å². The Hall–Kier alpha value is -1.54. The third kappa shape index (κ3) is 4.71. The molecule has 0 aliphatic carbocycles. The van der Waals surface area contributed by atoms with Gasteiger partial charge in [0.1, 0.15) is 11.5 Å². The van der Waals surface area contributed by atoms with E-state index in [1.807, 2.05) is 30.5 Å². The molecule has 0 amide bonds. The van der Waals surface area contributed by atoms with Gasteiger partial charge < -0.3 is 4.74 Å². The van der Waals surface area contributed by atoms with Crippen molar-refractivity contribution in [3.63, 3.8) is 0 Å². The van der Waals surface area contributed by atoms with Crippen molar-refractivity contribution in [3.05, 3.63) is 58.6 Å². The summed E-state index contributed by atoms with van der Waals surface area (Å²) in [5.41, 5.74) is 0.899. The lowest BCUT2D eigenvalue weighted by molar-refractivity contribution is 0.0472. The van der Waals surface area contributed by atoms with E-state index in [0.29, 0.717) is 0 Å². The average molecular weight is 372 g/mol. The van der Waals surface area contributed by atoms with Gasteiger partial charge in [-0.25, -0.2) is 18.4 Å². The quantitative estimate of drug-likeness (QED) is 0.644. The van der Waals surface area contributed by atoms with E-state index in [1.54, 1.807) is 11.8 Å². The summed E-state index contributed by atoms with van der Waals surface area (Å²) in [7, 11) is -4.01. The fourth-order valence-electron chi connectivity index (χ4n) is 1.80. The van der Waals surface area contributed by atoms with Crippen LogP contribution in [0.3, 0.4) is 0 Å². The van der Waals surface area contributed by atoms with Crippen molar-refractivity contribution < 1.29 is 17.9 Å². The number of carbonyl (C=O) groups is 1. The zero-order valence-corrected chi connectivity index (χ0v) is 14.5. The summed E-state index contributed by atoms with van der Waals surface area (Å²) in [5, 5.41) is 5.01. The maximum atomic E-state index is 12.0. The monoisotopic (exact) mass is 371 g/mol. The molecule has 5 nitrogen and oxygen atoms in total. The van der Waals surface area contributed by atoms with Crippen LogP contribution in [-0.4, -0.2) is 20.6 Å². The number of ether oxygens (including phenoxy) is 1. The number of benzene rings is 2. The van der Waals surface area contributed by atoms with Crippen molar-refractivity contribution in [3.8, 4) is 0 Å². The van der Waals surface area contributed by atoms with Crippen LogP contribution in [0.25, 0.3) is 0 Å². The lowest BCUT2D eigenvalue weighted by atomic mass is 10.2. The number of thioether (sulfide) groups is 1. The topological polar surface area (TPSA) is 86.5 Å². The van der Waals surface area contributed by atoms with Gasteiger partial charge in [0.2, 0.25) is 10.0 Å². The van der Waals surface area contributed by atoms with Gasteiger partial charge in [0, 0.05) is 4.90 Å². The molecule has 2 aromatic rings. The minimum Gasteiger partial charge on any atom is -0.457 e. The van der Waals surface area contributed by atoms with Crippen LogP contribution in [0.4, 0.5) is 0 Å². The Labute approximate surface area is 143 Å². The first-order valence-electron chi connectivity index (χ1n) is 6.43. The molecule has 2 rings (SSSR count). The summed E-state index contributed by atoms with van der Waals surface area (Å²) in [6, 6.07) is 11.4. The highest BCUT2D eigenvalue weighted by atomic mass is 35.5. The molecule has 0 aliphatic heterocycles. The standard InChI is InChI=1S/C15H14ClNO4S2/c1-22-12-5-2-10(3-6-12)9-21-15(18)11-4-7-13(16)14(8-11)23(17,19)20/h2-8H,9H2,1H3,(H2,17,19,20). The van der Waals surface area contributed by atoms with Crippen molar-refractivity contribution in [2.45, 2.75) is 16.4 Å². The van der Waals surface area contributed by atoms with Crippen LogP contribution < -0.4 is 5.14 Å². The predicted molar refractivity (Wildman–Crippen MR) is 90.2 cm³/mol. The fourth-order valence-corrected chi connectivity index (χ4v) is 3.28. The van der Waals surface area contributed by atoms with Gasteiger partial charge in [0.05, 0.1) is 10.6 Å². The van der Waals surface area contributed by atoms with Crippen LogP contribution in [0.5, 0.6) is 0 Å². The molecular formula is C15H14ClNO4S2. The van der Waals surface area contributed by atoms with Crippen molar-refractivity contribution in [2.24, 2.45) is 5.14 Å². The Kier molecular flexibility index (Phi) is 5.69. The Morgan fingerprint density at radius 3 is 2.43 bits per heavy atom. The van der Waals surface area contributed by atoms with Crippen LogP contribution in [0, 0.1) is 0 Å². The molecule has 0 fully saturated rings. The molecule has 2 aromatic carbocycles. The molecule has 8 heteroatoms.